The number of carbonyl (C=O) groups excluding carboxylic acids is 1. The second-order valence-corrected chi connectivity index (χ2v) is 4.43. The zero-order chi connectivity index (χ0) is 12.1. The molecule has 0 spiro atoms. The van der Waals surface area contributed by atoms with E-state index in [9.17, 15) is 4.79 Å². The topological polar surface area (TPSA) is 105 Å². The number of rotatable bonds is 4. The monoisotopic (exact) mass is 220 g/mol. The van der Waals surface area contributed by atoms with Crippen LogP contribution in [0.1, 0.15) is 20.8 Å². The van der Waals surface area contributed by atoms with Gasteiger partial charge in [-0.05, 0) is 20.8 Å². The van der Waals surface area contributed by atoms with Crippen LogP contribution in [0, 0.1) is 0 Å². The van der Waals surface area contributed by atoms with Gasteiger partial charge in [0.05, 0.1) is 13.2 Å². The zero-order valence-electron chi connectivity index (χ0n) is 9.41. The van der Waals surface area contributed by atoms with E-state index < -0.39 is 30.4 Å². The summed E-state index contributed by atoms with van der Waals surface area (Å²) in [7, 11) is 0. The van der Waals surface area contributed by atoms with Crippen molar-refractivity contribution in [2.75, 3.05) is 19.8 Å². The van der Waals surface area contributed by atoms with Gasteiger partial charge in [0.1, 0.15) is 11.1 Å². The quantitative estimate of drug-likeness (QED) is 0.496. The van der Waals surface area contributed by atoms with Crippen molar-refractivity contribution in [1.82, 2.24) is 5.32 Å². The molecule has 1 amide bonds. The van der Waals surface area contributed by atoms with Crippen molar-refractivity contribution in [3.63, 3.8) is 0 Å². The highest BCUT2D eigenvalue weighted by molar-refractivity contribution is 5.68. The number of nitrogens with two attached hydrogens (primary N) is 1. The maximum atomic E-state index is 11.3. The third kappa shape index (κ3) is 4.96. The third-order valence-electron chi connectivity index (χ3n) is 1.76. The van der Waals surface area contributed by atoms with Gasteiger partial charge in [0, 0.05) is 6.54 Å². The summed E-state index contributed by atoms with van der Waals surface area (Å²) in [6.07, 6.45) is -0.712. The minimum Gasteiger partial charge on any atom is -0.444 e. The van der Waals surface area contributed by atoms with Crippen molar-refractivity contribution < 1.29 is 19.7 Å². The first-order valence-electron chi connectivity index (χ1n) is 4.71. The summed E-state index contributed by atoms with van der Waals surface area (Å²) in [6, 6.07) is 0. The molecule has 0 heterocycles. The van der Waals surface area contributed by atoms with E-state index in [-0.39, 0.29) is 6.54 Å². The molecule has 15 heavy (non-hydrogen) atoms. The summed E-state index contributed by atoms with van der Waals surface area (Å²) in [5.41, 5.74) is 3.50. The molecule has 0 atom stereocenters. The summed E-state index contributed by atoms with van der Waals surface area (Å²) in [4.78, 5) is 11.3. The predicted octanol–water partition coefficient (Wildman–Crippen LogP) is -0.807. The number of ether oxygens (including phenoxy) is 1. The minimum atomic E-state index is -1.22. The average Bonchev–Trinajstić information content (AvgIpc) is 2.11. The van der Waals surface area contributed by atoms with Crippen molar-refractivity contribution in [1.29, 1.82) is 0 Å². The molecule has 0 aromatic rings. The molecule has 90 valence electrons. The van der Waals surface area contributed by atoms with Crippen LogP contribution < -0.4 is 11.1 Å². The average molecular weight is 220 g/mol. The smallest absolute Gasteiger partial charge is 0.408 e. The predicted molar refractivity (Wildman–Crippen MR) is 55.3 cm³/mol. The molecule has 0 aliphatic carbocycles. The number of carbonyl (C=O) groups is 1. The highest BCUT2D eigenvalue weighted by Crippen LogP contribution is 2.08. The Bertz CT molecular complexity index is 200. The molecule has 0 aliphatic rings. The molecule has 0 aromatic heterocycles. The number of aliphatic hydroxyl groups is 2. The van der Waals surface area contributed by atoms with E-state index >= 15 is 0 Å². The van der Waals surface area contributed by atoms with Crippen molar-refractivity contribution in [2.45, 2.75) is 31.9 Å². The standard InChI is InChI=1S/C9H20N2O4/c1-8(2,3)15-7(14)11-9(4-10,5-12)6-13/h12-13H,4-6,10H2,1-3H3,(H,11,14). The van der Waals surface area contributed by atoms with E-state index in [1.807, 2.05) is 0 Å². The van der Waals surface area contributed by atoms with Crippen LogP contribution in [0.5, 0.6) is 0 Å². The van der Waals surface area contributed by atoms with Gasteiger partial charge in [-0.1, -0.05) is 0 Å². The van der Waals surface area contributed by atoms with E-state index in [1.54, 1.807) is 20.8 Å². The SMILES string of the molecule is CC(C)(C)OC(=O)NC(CN)(CO)CO. The Morgan fingerprint density at radius 2 is 1.80 bits per heavy atom. The largest absolute Gasteiger partial charge is 0.444 e. The number of alkyl carbamates (subject to hydrolysis) is 1. The van der Waals surface area contributed by atoms with E-state index in [1.165, 1.54) is 0 Å². The van der Waals surface area contributed by atoms with Crippen LogP contribution in [0.4, 0.5) is 4.79 Å². The molecular weight excluding hydrogens is 200 g/mol. The van der Waals surface area contributed by atoms with Gasteiger partial charge >= 0.3 is 6.09 Å². The fourth-order valence-corrected chi connectivity index (χ4v) is 0.829. The Morgan fingerprint density at radius 1 is 1.33 bits per heavy atom. The van der Waals surface area contributed by atoms with Gasteiger partial charge < -0.3 is 26.0 Å². The molecule has 0 aliphatic heterocycles. The van der Waals surface area contributed by atoms with Gasteiger partial charge in [-0.2, -0.15) is 0 Å². The molecule has 0 radical (unpaired) electrons. The minimum absolute atomic E-state index is 0.0702. The second kappa shape index (κ2) is 5.29. The first-order chi connectivity index (χ1) is 6.78. The summed E-state index contributed by atoms with van der Waals surface area (Å²) in [5, 5.41) is 20.4. The molecule has 0 bridgehead atoms. The lowest BCUT2D eigenvalue weighted by atomic mass is 10.0. The summed E-state index contributed by atoms with van der Waals surface area (Å²) < 4.78 is 4.97. The van der Waals surface area contributed by atoms with Crippen LogP contribution in [-0.4, -0.2) is 47.2 Å². The van der Waals surface area contributed by atoms with Gasteiger partial charge in [-0.15, -0.1) is 0 Å². The van der Waals surface area contributed by atoms with Crippen LogP contribution in [-0.2, 0) is 4.74 Å². The van der Waals surface area contributed by atoms with Crippen molar-refractivity contribution in [2.24, 2.45) is 5.73 Å². The number of nitrogens with one attached hydrogen (secondary N) is 1. The molecule has 0 aromatic carbocycles. The lowest BCUT2D eigenvalue weighted by molar-refractivity contribution is 0.0312. The lowest BCUT2D eigenvalue weighted by Gasteiger charge is -2.30. The Labute approximate surface area is 89.4 Å². The molecule has 6 heteroatoms. The van der Waals surface area contributed by atoms with E-state index in [4.69, 9.17) is 20.7 Å². The molecule has 0 fully saturated rings. The van der Waals surface area contributed by atoms with Gasteiger partial charge in [0.15, 0.2) is 0 Å². The Hall–Kier alpha value is -0.850. The lowest BCUT2D eigenvalue weighted by Crippen LogP contribution is -2.59. The first-order valence-corrected chi connectivity index (χ1v) is 4.71. The molecule has 0 saturated carbocycles. The fourth-order valence-electron chi connectivity index (χ4n) is 0.829. The van der Waals surface area contributed by atoms with E-state index in [0.717, 1.165) is 0 Å². The Morgan fingerprint density at radius 3 is 2.07 bits per heavy atom. The molecule has 0 unspecified atom stereocenters. The summed E-state index contributed by atoms with van der Waals surface area (Å²) in [6.45, 7) is 4.19. The maximum Gasteiger partial charge on any atom is 0.408 e. The Kier molecular flexibility index (Phi) is 4.99. The fraction of sp³-hybridized carbons (Fsp3) is 0.889. The summed E-state index contributed by atoms with van der Waals surface area (Å²) in [5.74, 6) is 0. The number of hydrogen-bond donors (Lipinski definition) is 4. The van der Waals surface area contributed by atoms with Crippen molar-refractivity contribution in [3.05, 3.63) is 0 Å². The summed E-state index contributed by atoms with van der Waals surface area (Å²) >= 11 is 0. The zero-order valence-corrected chi connectivity index (χ0v) is 9.41. The normalized spacial score (nSPS) is 12.4. The first kappa shape index (κ1) is 14.2. The molecule has 6 nitrogen and oxygen atoms in total. The van der Waals surface area contributed by atoms with Gasteiger partial charge in [-0.25, -0.2) is 4.79 Å². The van der Waals surface area contributed by atoms with E-state index in [2.05, 4.69) is 5.32 Å². The number of aliphatic hydroxyl groups excluding tert-OH is 2. The second-order valence-electron chi connectivity index (χ2n) is 4.43. The molecule has 5 N–H and O–H groups in total. The van der Waals surface area contributed by atoms with Gasteiger partial charge in [0.25, 0.3) is 0 Å². The van der Waals surface area contributed by atoms with Crippen LogP contribution in [0.15, 0.2) is 0 Å². The van der Waals surface area contributed by atoms with Crippen LogP contribution in [0.25, 0.3) is 0 Å². The Balaban J connectivity index is 4.36. The highest BCUT2D eigenvalue weighted by atomic mass is 16.6. The molecule has 0 saturated heterocycles. The van der Waals surface area contributed by atoms with Crippen LogP contribution in [0.3, 0.4) is 0 Å². The third-order valence-corrected chi connectivity index (χ3v) is 1.76. The van der Waals surface area contributed by atoms with Crippen molar-refractivity contribution >= 4 is 6.09 Å². The van der Waals surface area contributed by atoms with Gasteiger partial charge in [0.2, 0.25) is 0 Å². The van der Waals surface area contributed by atoms with E-state index in [0.29, 0.717) is 0 Å². The van der Waals surface area contributed by atoms with Gasteiger partial charge in [-0.3, -0.25) is 0 Å². The number of amides is 1. The highest BCUT2D eigenvalue weighted by Gasteiger charge is 2.31. The van der Waals surface area contributed by atoms with Crippen LogP contribution >= 0.6 is 0 Å². The molecule has 0 rings (SSSR count). The maximum absolute atomic E-state index is 11.3. The van der Waals surface area contributed by atoms with Crippen LogP contribution in [0.2, 0.25) is 0 Å². The van der Waals surface area contributed by atoms with Crippen molar-refractivity contribution in [3.8, 4) is 0 Å². The number of hydrogen-bond acceptors (Lipinski definition) is 5. The molecular formula is C9H20N2O4.